The van der Waals surface area contributed by atoms with Gasteiger partial charge in [0.2, 0.25) is 5.88 Å². The van der Waals surface area contributed by atoms with Crippen molar-refractivity contribution in [2.75, 3.05) is 13.2 Å². The van der Waals surface area contributed by atoms with Gasteiger partial charge in [-0.3, -0.25) is 9.36 Å². The Morgan fingerprint density at radius 1 is 1.11 bits per heavy atom. The summed E-state index contributed by atoms with van der Waals surface area (Å²) < 4.78 is 71.6. The van der Waals surface area contributed by atoms with E-state index in [0.29, 0.717) is 12.4 Å². The lowest BCUT2D eigenvalue weighted by molar-refractivity contribution is -0.144. The number of hydrogen-bond acceptors (Lipinski definition) is 6. The molecule has 3 aromatic rings. The van der Waals surface area contributed by atoms with Gasteiger partial charge in [0, 0.05) is 18.7 Å². The molecule has 0 aliphatic heterocycles. The maximum atomic E-state index is 14.9. The number of halogens is 4. The third-order valence-electron chi connectivity index (χ3n) is 4.99. The predicted octanol–water partition coefficient (Wildman–Crippen LogP) is 4.37. The van der Waals surface area contributed by atoms with Gasteiger partial charge in [-0.2, -0.15) is 18.2 Å². The van der Waals surface area contributed by atoms with Crippen molar-refractivity contribution >= 4 is 0 Å². The Labute approximate surface area is 203 Å². The van der Waals surface area contributed by atoms with Gasteiger partial charge in [-0.15, -0.1) is 0 Å². The van der Waals surface area contributed by atoms with Crippen LogP contribution in [-0.2, 0) is 24.4 Å². The Balaban J connectivity index is 2.08. The summed E-state index contributed by atoms with van der Waals surface area (Å²) in [4.78, 5) is 29.1. The fourth-order valence-electron chi connectivity index (χ4n) is 3.25. The monoisotopic (exact) mass is 509 g/mol. The third-order valence-corrected chi connectivity index (χ3v) is 4.99. The van der Waals surface area contributed by atoms with Crippen molar-refractivity contribution in [2.45, 2.75) is 26.4 Å². The van der Waals surface area contributed by atoms with E-state index in [1.807, 2.05) is 0 Å². The average Bonchev–Trinajstić information content (AvgIpc) is 2.82. The van der Waals surface area contributed by atoms with Crippen LogP contribution in [0.5, 0.6) is 17.4 Å². The minimum absolute atomic E-state index is 0.0218. The van der Waals surface area contributed by atoms with E-state index in [4.69, 9.17) is 14.2 Å². The molecule has 0 aliphatic carbocycles. The number of aryl methyl sites for hydroxylation is 1. The molecule has 0 spiro atoms. The van der Waals surface area contributed by atoms with Gasteiger partial charge in [-0.1, -0.05) is 25.6 Å². The molecule has 8 nitrogen and oxygen atoms in total. The highest BCUT2D eigenvalue weighted by atomic mass is 19.4. The molecule has 0 amide bonds. The summed E-state index contributed by atoms with van der Waals surface area (Å²) in [6.07, 6.45) is -4.71. The molecule has 0 saturated heterocycles. The molecule has 192 valence electrons. The molecule has 0 radical (unpaired) electrons. The first-order valence-corrected chi connectivity index (χ1v) is 10.8. The quantitative estimate of drug-likeness (QED) is 0.315. The van der Waals surface area contributed by atoms with Crippen molar-refractivity contribution in [1.82, 2.24) is 14.1 Å². The fourth-order valence-corrected chi connectivity index (χ4v) is 3.25. The van der Waals surface area contributed by atoms with Gasteiger partial charge >= 0.3 is 11.9 Å². The number of ether oxygens (including phenoxy) is 3. The number of para-hydroxylation sites is 2. The highest BCUT2D eigenvalue weighted by Crippen LogP contribution is 2.33. The van der Waals surface area contributed by atoms with E-state index in [0.717, 1.165) is 13.1 Å². The summed E-state index contributed by atoms with van der Waals surface area (Å²) in [5.41, 5.74) is -4.02. The molecule has 0 aliphatic rings. The highest BCUT2D eigenvalue weighted by Gasteiger charge is 2.35. The van der Waals surface area contributed by atoms with E-state index in [1.54, 1.807) is 38.1 Å². The molecule has 3 rings (SSSR count). The van der Waals surface area contributed by atoms with Crippen LogP contribution in [0.2, 0.25) is 0 Å². The highest BCUT2D eigenvalue weighted by molar-refractivity contribution is 5.45. The Kier molecular flexibility index (Phi) is 7.86. The van der Waals surface area contributed by atoms with Crippen molar-refractivity contribution in [3.8, 4) is 23.2 Å². The molecule has 0 bridgehead atoms. The van der Waals surface area contributed by atoms with Crippen molar-refractivity contribution in [2.24, 2.45) is 7.05 Å². The van der Waals surface area contributed by atoms with E-state index >= 15 is 0 Å². The Morgan fingerprint density at radius 3 is 2.39 bits per heavy atom. The average molecular weight is 509 g/mol. The lowest BCUT2D eigenvalue weighted by Crippen LogP contribution is -2.41. The predicted molar refractivity (Wildman–Crippen MR) is 122 cm³/mol. The molecule has 12 heteroatoms. The van der Waals surface area contributed by atoms with Crippen molar-refractivity contribution in [1.29, 1.82) is 0 Å². The van der Waals surface area contributed by atoms with E-state index in [-0.39, 0.29) is 51.2 Å². The van der Waals surface area contributed by atoms with E-state index < -0.39 is 34.8 Å². The first kappa shape index (κ1) is 26.5. The second kappa shape index (κ2) is 10.7. The van der Waals surface area contributed by atoms with Crippen LogP contribution in [0.25, 0.3) is 5.82 Å². The summed E-state index contributed by atoms with van der Waals surface area (Å²) in [5, 5.41) is 0. The van der Waals surface area contributed by atoms with Crippen LogP contribution in [0.15, 0.2) is 58.3 Å². The molecule has 2 heterocycles. The van der Waals surface area contributed by atoms with E-state index in [2.05, 4.69) is 11.6 Å². The van der Waals surface area contributed by atoms with Crippen LogP contribution in [-0.4, -0.2) is 27.3 Å². The largest absolute Gasteiger partial charge is 0.495 e. The molecule has 1 aromatic carbocycles. The second-order valence-electron chi connectivity index (χ2n) is 7.46. The molecule has 0 N–H and O–H groups in total. The molecule has 0 fully saturated rings. The van der Waals surface area contributed by atoms with Gasteiger partial charge in [-0.05, 0) is 31.5 Å². The molecular weight excluding hydrogens is 486 g/mol. The van der Waals surface area contributed by atoms with Crippen molar-refractivity contribution in [3.05, 3.63) is 86.6 Å². The van der Waals surface area contributed by atoms with Gasteiger partial charge in [0.15, 0.2) is 23.1 Å². The smallest absolute Gasteiger partial charge is 0.431 e. The number of nitrogens with zero attached hydrogens (tertiary/aromatic N) is 3. The number of aromatic nitrogens is 3. The first-order chi connectivity index (χ1) is 17.0. The van der Waals surface area contributed by atoms with Crippen molar-refractivity contribution in [3.63, 3.8) is 0 Å². The Bertz CT molecular complexity index is 1400. The molecule has 2 aromatic heterocycles. The summed E-state index contributed by atoms with van der Waals surface area (Å²) in [6, 6.07) is 7.67. The first-order valence-electron chi connectivity index (χ1n) is 10.8. The number of pyridine rings is 1. The van der Waals surface area contributed by atoms with E-state index in [9.17, 15) is 27.2 Å². The Hall–Kier alpha value is -4.09. The normalized spacial score (nSPS) is 11.3. The summed E-state index contributed by atoms with van der Waals surface area (Å²) >= 11 is 0. The number of hydrogen-bond donors (Lipinski definition) is 0. The van der Waals surface area contributed by atoms with Gasteiger partial charge in [0.25, 0.3) is 5.56 Å². The van der Waals surface area contributed by atoms with Gasteiger partial charge in [-0.25, -0.2) is 13.8 Å². The van der Waals surface area contributed by atoms with Crippen LogP contribution in [0.1, 0.15) is 25.1 Å². The summed E-state index contributed by atoms with van der Waals surface area (Å²) in [5.74, 6) is -1.23. The zero-order valence-electron chi connectivity index (χ0n) is 19.7. The molecular formula is C24H23F4N3O5. The molecule has 0 saturated carbocycles. The third kappa shape index (κ3) is 5.58. The Morgan fingerprint density at radius 2 is 1.78 bits per heavy atom. The standard InChI is InChI=1S/C24H23F4N3O5/c1-5-15-11-16(25)21(31-20(32)12-19(24(26,27)28)30(4)23(31)33)29-22(15)36-18-10-8-7-9-17(18)35-13-14(3)34-6-2/h7-12H,3,5-6,13H2,1-2,4H3. The molecule has 36 heavy (non-hydrogen) atoms. The maximum absolute atomic E-state index is 14.9. The van der Waals surface area contributed by atoms with Gasteiger partial charge in [0.05, 0.1) is 6.61 Å². The van der Waals surface area contributed by atoms with Crippen LogP contribution >= 0.6 is 0 Å². The number of rotatable bonds is 9. The molecule has 0 atom stereocenters. The van der Waals surface area contributed by atoms with Gasteiger partial charge < -0.3 is 14.2 Å². The summed E-state index contributed by atoms with van der Waals surface area (Å²) in [7, 11) is 0.820. The number of benzene rings is 1. The zero-order valence-corrected chi connectivity index (χ0v) is 19.7. The molecule has 0 unspecified atom stereocenters. The van der Waals surface area contributed by atoms with Crippen LogP contribution in [0.3, 0.4) is 0 Å². The zero-order chi connectivity index (χ0) is 26.6. The number of alkyl halides is 3. The fraction of sp³-hybridized carbons (Fsp3) is 0.292. The lowest BCUT2D eigenvalue weighted by atomic mass is 10.2. The minimum atomic E-state index is -4.96. The second-order valence-corrected chi connectivity index (χ2v) is 7.46. The van der Waals surface area contributed by atoms with Crippen LogP contribution in [0.4, 0.5) is 17.6 Å². The van der Waals surface area contributed by atoms with E-state index in [1.165, 1.54) is 0 Å². The topological polar surface area (TPSA) is 84.6 Å². The lowest BCUT2D eigenvalue weighted by Gasteiger charge is -2.17. The maximum Gasteiger partial charge on any atom is 0.431 e. The SMILES string of the molecule is C=C(COc1ccccc1Oc1nc(-n2c(=O)cc(C(F)(F)F)n(C)c2=O)c(F)cc1CC)OCC. The summed E-state index contributed by atoms with van der Waals surface area (Å²) in [6.45, 7) is 7.64. The van der Waals surface area contributed by atoms with Crippen molar-refractivity contribution < 1.29 is 31.8 Å². The van der Waals surface area contributed by atoms with Crippen LogP contribution < -0.4 is 20.7 Å². The van der Waals surface area contributed by atoms with Gasteiger partial charge in [0.1, 0.15) is 18.1 Å². The minimum Gasteiger partial charge on any atom is -0.495 e. The van der Waals surface area contributed by atoms with Crippen LogP contribution in [0, 0.1) is 5.82 Å².